The normalized spacial score (nSPS) is 17.4. The Morgan fingerprint density at radius 1 is 1.12 bits per heavy atom. The fourth-order valence-corrected chi connectivity index (χ4v) is 3.26. The summed E-state index contributed by atoms with van der Waals surface area (Å²) in [5, 5.41) is 0.477. The molecule has 0 aliphatic carbocycles. The molecule has 4 rings (SSSR count). The van der Waals surface area contributed by atoms with Gasteiger partial charge < -0.3 is 14.2 Å². The van der Waals surface area contributed by atoms with E-state index in [1.165, 1.54) is 0 Å². The van der Waals surface area contributed by atoms with E-state index in [4.69, 9.17) is 25.8 Å². The van der Waals surface area contributed by atoms with E-state index in [1.807, 2.05) is 31.2 Å². The molecule has 0 atom stereocenters. The lowest BCUT2D eigenvalue weighted by atomic mass is 9.97. The van der Waals surface area contributed by atoms with Crippen molar-refractivity contribution >= 4 is 23.5 Å². The molecule has 5 heteroatoms. The van der Waals surface area contributed by atoms with Crippen molar-refractivity contribution in [3.63, 3.8) is 0 Å². The van der Waals surface area contributed by atoms with Crippen molar-refractivity contribution in [2.24, 2.45) is 0 Å². The summed E-state index contributed by atoms with van der Waals surface area (Å²) >= 11 is 6.22. The summed E-state index contributed by atoms with van der Waals surface area (Å²) in [4.78, 5) is 12.9. The molecular weight excluding hydrogens is 328 g/mol. The fourth-order valence-electron chi connectivity index (χ4n) is 2.98. The van der Waals surface area contributed by atoms with Crippen molar-refractivity contribution < 1.29 is 19.0 Å². The molecule has 2 heterocycles. The van der Waals surface area contributed by atoms with E-state index in [1.54, 1.807) is 12.1 Å². The Hall–Kier alpha value is -2.46. The quantitative estimate of drug-likeness (QED) is 0.719. The number of ketones is 1. The molecule has 0 saturated heterocycles. The largest absolute Gasteiger partial charge is 0.492 e. The molecule has 2 aromatic carbocycles. The molecule has 0 saturated carbocycles. The number of para-hydroxylation sites is 1. The van der Waals surface area contributed by atoms with Gasteiger partial charge in [-0.05, 0) is 42.3 Å². The molecule has 0 unspecified atom stereocenters. The number of carbonyl (C=O) groups is 1. The first-order chi connectivity index (χ1) is 11.6. The number of benzene rings is 2. The fraction of sp³-hybridized carbons (Fsp3) is 0.211. The van der Waals surface area contributed by atoms with E-state index in [2.05, 4.69) is 0 Å². The second-order valence-electron chi connectivity index (χ2n) is 5.79. The molecule has 122 valence electrons. The third kappa shape index (κ3) is 2.53. The summed E-state index contributed by atoms with van der Waals surface area (Å²) in [6.07, 6.45) is 2.38. The number of fused-ring (bicyclic) bond motifs is 2. The predicted octanol–water partition coefficient (Wildman–Crippen LogP) is 4.43. The third-order valence-electron chi connectivity index (χ3n) is 4.16. The Bertz CT molecular complexity index is 870. The van der Waals surface area contributed by atoms with Gasteiger partial charge in [0.25, 0.3) is 0 Å². The van der Waals surface area contributed by atoms with Crippen LogP contribution < -0.4 is 14.2 Å². The van der Waals surface area contributed by atoms with Crippen molar-refractivity contribution in [1.29, 1.82) is 0 Å². The van der Waals surface area contributed by atoms with Crippen LogP contribution in [0.25, 0.3) is 6.08 Å². The average Bonchev–Trinajstić information content (AvgIpc) is 2.97. The SMILES string of the molecule is Cc1cccc2c1OCCC(=Cc1cc(Cl)c3c(c1)OCO3)C2=O. The molecule has 2 aliphatic rings. The van der Waals surface area contributed by atoms with Crippen LogP contribution in [0, 0.1) is 6.92 Å². The second kappa shape index (κ2) is 5.87. The molecule has 0 N–H and O–H groups in total. The van der Waals surface area contributed by atoms with Crippen LogP contribution in [-0.4, -0.2) is 19.2 Å². The number of ether oxygens (including phenoxy) is 3. The molecule has 0 aromatic heterocycles. The van der Waals surface area contributed by atoms with Crippen LogP contribution >= 0.6 is 11.6 Å². The van der Waals surface area contributed by atoms with E-state index in [0.717, 1.165) is 11.1 Å². The molecule has 2 aromatic rings. The summed E-state index contributed by atoms with van der Waals surface area (Å²) in [6.45, 7) is 2.57. The first kappa shape index (κ1) is 15.1. The van der Waals surface area contributed by atoms with Crippen molar-refractivity contribution in [2.75, 3.05) is 13.4 Å². The molecule has 0 amide bonds. The standard InChI is InChI=1S/C19H15ClO4/c1-11-3-2-4-14-17(21)13(5-6-22-18(11)14)7-12-8-15(20)19-16(9-12)23-10-24-19/h2-4,7-9H,5-6,10H2,1H3. The molecule has 0 spiro atoms. The number of carbonyl (C=O) groups excluding carboxylic acids is 1. The summed E-state index contributed by atoms with van der Waals surface area (Å²) in [5.74, 6) is 1.81. The smallest absolute Gasteiger partial charge is 0.231 e. The van der Waals surface area contributed by atoms with E-state index < -0.39 is 0 Å². The Kier molecular flexibility index (Phi) is 3.69. The Morgan fingerprint density at radius 2 is 2.00 bits per heavy atom. The van der Waals surface area contributed by atoms with Crippen LogP contribution in [0.2, 0.25) is 5.02 Å². The highest BCUT2D eigenvalue weighted by atomic mass is 35.5. The number of Topliss-reactive ketones (excluding diaryl/α,β-unsaturated/α-hetero) is 1. The minimum absolute atomic E-state index is 0.0139. The number of hydrogen-bond donors (Lipinski definition) is 0. The average molecular weight is 343 g/mol. The predicted molar refractivity (Wildman–Crippen MR) is 91.2 cm³/mol. The summed E-state index contributed by atoms with van der Waals surface area (Å²) in [7, 11) is 0. The number of rotatable bonds is 1. The molecule has 2 aliphatic heterocycles. The highest BCUT2D eigenvalue weighted by Gasteiger charge is 2.23. The number of halogens is 1. The maximum atomic E-state index is 12.9. The van der Waals surface area contributed by atoms with E-state index in [0.29, 0.717) is 46.4 Å². The van der Waals surface area contributed by atoms with E-state index >= 15 is 0 Å². The second-order valence-corrected chi connectivity index (χ2v) is 6.19. The lowest BCUT2D eigenvalue weighted by Gasteiger charge is -2.08. The topological polar surface area (TPSA) is 44.8 Å². The van der Waals surface area contributed by atoms with E-state index in [9.17, 15) is 4.79 Å². The van der Waals surface area contributed by atoms with Gasteiger partial charge in [0.05, 0.1) is 17.2 Å². The minimum atomic E-state index is -0.0139. The van der Waals surface area contributed by atoms with Gasteiger partial charge in [-0.1, -0.05) is 23.7 Å². The maximum Gasteiger partial charge on any atom is 0.231 e. The van der Waals surface area contributed by atoms with Crippen LogP contribution in [0.5, 0.6) is 17.2 Å². The van der Waals surface area contributed by atoms with Gasteiger partial charge in [-0.2, -0.15) is 0 Å². The number of hydrogen-bond acceptors (Lipinski definition) is 4. The summed E-state index contributed by atoms with van der Waals surface area (Å²) in [6, 6.07) is 9.22. The third-order valence-corrected chi connectivity index (χ3v) is 4.44. The van der Waals surface area contributed by atoms with Gasteiger partial charge >= 0.3 is 0 Å². The van der Waals surface area contributed by atoms with Gasteiger partial charge in [0.1, 0.15) is 5.75 Å². The molecule has 24 heavy (non-hydrogen) atoms. The van der Waals surface area contributed by atoms with Crippen LogP contribution in [0.1, 0.15) is 27.9 Å². The van der Waals surface area contributed by atoms with Crippen LogP contribution in [0.4, 0.5) is 0 Å². The zero-order valence-corrected chi connectivity index (χ0v) is 13.9. The van der Waals surface area contributed by atoms with Gasteiger partial charge in [-0.15, -0.1) is 0 Å². The molecule has 0 fully saturated rings. The van der Waals surface area contributed by atoms with E-state index in [-0.39, 0.29) is 12.6 Å². The summed E-state index contributed by atoms with van der Waals surface area (Å²) < 4.78 is 16.5. The lowest BCUT2D eigenvalue weighted by molar-refractivity contribution is 0.103. The zero-order valence-electron chi connectivity index (χ0n) is 13.1. The first-order valence-electron chi connectivity index (χ1n) is 7.70. The Balaban J connectivity index is 1.75. The van der Waals surface area contributed by atoms with Crippen LogP contribution in [0.3, 0.4) is 0 Å². The van der Waals surface area contributed by atoms with Gasteiger partial charge in [0.15, 0.2) is 17.3 Å². The van der Waals surface area contributed by atoms with Crippen molar-refractivity contribution in [2.45, 2.75) is 13.3 Å². The van der Waals surface area contributed by atoms with Gasteiger partial charge in [-0.25, -0.2) is 0 Å². The highest BCUT2D eigenvalue weighted by molar-refractivity contribution is 6.32. The molecule has 0 bridgehead atoms. The van der Waals surface area contributed by atoms with Crippen LogP contribution in [0.15, 0.2) is 35.9 Å². The summed E-state index contributed by atoms with van der Waals surface area (Å²) in [5.41, 5.74) is 3.07. The Labute approximate surface area is 144 Å². The van der Waals surface area contributed by atoms with Gasteiger partial charge in [-0.3, -0.25) is 4.79 Å². The highest BCUT2D eigenvalue weighted by Crippen LogP contribution is 2.40. The molecular formula is C19H15ClO4. The minimum Gasteiger partial charge on any atom is -0.492 e. The molecule has 0 radical (unpaired) electrons. The lowest BCUT2D eigenvalue weighted by Crippen LogP contribution is -2.02. The monoisotopic (exact) mass is 342 g/mol. The zero-order chi connectivity index (χ0) is 16.7. The van der Waals surface area contributed by atoms with Crippen LogP contribution in [-0.2, 0) is 0 Å². The van der Waals surface area contributed by atoms with Gasteiger partial charge in [0.2, 0.25) is 6.79 Å². The Morgan fingerprint density at radius 3 is 2.88 bits per heavy atom. The van der Waals surface area contributed by atoms with Gasteiger partial charge in [0, 0.05) is 12.0 Å². The van der Waals surface area contributed by atoms with Crippen molar-refractivity contribution in [1.82, 2.24) is 0 Å². The first-order valence-corrected chi connectivity index (χ1v) is 8.08. The van der Waals surface area contributed by atoms with Crippen molar-refractivity contribution in [3.8, 4) is 17.2 Å². The van der Waals surface area contributed by atoms with Crippen molar-refractivity contribution in [3.05, 3.63) is 57.6 Å². The molecule has 4 nitrogen and oxygen atoms in total. The number of aryl methyl sites for hydroxylation is 1. The maximum absolute atomic E-state index is 12.9.